The summed E-state index contributed by atoms with van der Waals surface area (Å²) in [5, 5.41) is 0. The molecule has 0 atom stereocenters. The highest BCUT2D eigenvalue weighted by Crippen LogP contribution is 2.34. The van der Waals surface area contributed by atoms with E-state index < -0.39 is 15.8 Å². The van der Waals surface area contributed by atoms with Gasteiger partial charge in [-0.2, -0.15) is 0 Å². The van der Waals surface area contributed by atoms with Gasteiger partial charge < -0.3 is 9.47 Å². The summed E-state index contributed by atoms with van der Waals surface area (Å²) < 4.78 is 52.2. The third-order valence-electron chi connectivity index (χ3n) is 2.90. The summed E-state index contributed by atoms with van der Waals surface area (Å²) >= 11 is 6.38. The Morgan fingerprint density at radius 2 is 1.65 bits per heavy atom. The zero-order valence-electron chi connectivity index (χ0n) is 12.1. The van der Waals surface area contributed by atoms with E-state index in [4.69, 9.17) is 9.47 Å². The molecular formula is C14H12Br2FNO4S. The highest BCUT2D eigenvalue weighted by molar-refractivity contribution is 9.11. The molecule has 124 valence electrons. The molecule has 2 aromatic carbocycles. The lowest BCUT2D eigenvalue weighted by Gasteiger charge is -2.14. The summed E-state index contributed by atoms with van der Waals surface area (Å²) in [6.45, 7) is 0. The van der Waals surface area contributed by atoms with Crippen LogP contribution in [-0.4, -0.2) is 22.6 Å². The van der Waals surface area contributed by atoms with E-state index in [2.05, 4.69) is 36.6 Å². The first-order chi connectivity index (χ1) is 10.8. The number of nitrogens with one attached hydrogen (secondary N) is 1. The molecule has 23 heavy (non-hydrogen) atoms. The maximum atomic E-state index is 14.1. The van der Waals surface area contributed by atoms with Crippen molar-refractivity contribution in [1.82, 2.24) is 0 Å². The zero-order valence-corrected chi connectivity index (χ0v) is 16.1. The predicted octanol–water partition coefficient (Wildman–Crippen LogP) is 4.17. The smallest absolute Gasteiger partial charge is 0.263 e. The van der Waals surface area contributed by atoms with Crippen LogP contribution in [0.25, 0.3) is 0 Å². The van der Waals surface area contributed by atoms with Gasteiger partial charge in [-0.05, 0) is 34.1 Å². The molecule has 0 radical (unpaired) electrons. The topological polar surface area (TPSA) is 64.6 Å². The number of methoxy groups -OCH3 is 2. The molecule has 1 N–H and O–H groups in total. The Morgan fingerprint density at radius 3 is 2.26 bits per heavy atom. The van der Waals surface area contributed by atoms with Gasteiger partial charge in [0.2, 0.25) is 0 Å². The fourth-order valence-electron chi connectivity index (χ4n) is 1.82. The summed E-state index contributed by atoms with van der Waals surface area (Å²) in [6.07, 6.45) is 0. The Labute approximate surface area is 150 Å². The van der Waals surface area contributed by atoms with E-state index in [0.717, 1.165) is 6.07 Å². The summed E-state index contributed by atoms with van der Waals surface area (Å²) in [7, 11) is -1.26. The van der Waals surface area contributed by atoms with Crippen LogP contribution in [0, 0.1) is 5.82 Å². The Hall–Kier alpha value is -1.32. The number of halogens is 3. The highest BCUT2D eigenvalue weighted by Gasteiger charge is 2.21. The van der Waals surface area contributed by atoms with Crippen LogP contribution in [0.2, 0.25) is 0 Å². The molecule has 0 unspecified atom stereocenters. The lowest BCUT2D eigenvalue weighted by Crippen LogP contribution is -2.15. The zero-order chi connectivity index (χ0) is 17.2. The predicted molar refractivity (Wildman–Crippen MR) is 92.2 cm³/mol. The third kappa shape index (κ3) is 3.96. The van der Waals surface area contributed by atoms with Crippen molar-refractivity contribution >= 4 is 47.6 Å². The van der Waals surface area contributed by atoms with E-state index in [0.29, 0.717) is 8.95 Å². The van der Waals surface area contributed by atoms with Crippen molar-refractivity contribution in [1.29, 1.82) is 0 Å². The molecular weight excluding hydrogens is 457 g/mol. The van der Waals surface area contributed by atoms with Crippen molar-refractivity contribution in [3.05, 3.63) is 45.1 Å². The Kier molecular flexibility index (Phi) is 5.53. The highest BCUT2D eigenvalue weighted by atomic mass is 79.9. The van der Waals surface area contributed by atoms with E-state index in [1.165, 1.54) is 26.4 Å². The fourth-order valence-corrected chi connectivity index (χ4v) is 4.38. The molecule has 0 spiro atoms. The molecule has 0 aliphatic heterocycles. The van der Waals surface area contributed by atoms with E-state index in [9.17, 15) is 12.8 Å². The molecule has 0 amide bonds. The van der Waals surface area contributed by atoms with Gasteiger partial charge in [-0.3, -0.25) is 4.72 Å². The van der Waals surface area contributed by atoms with Crippen molar-refractivity contribution in [2.45, 2.75) is 4.90 Å². The normalized spacial score (nSPS) is 11.2. The average Bonchev–Trinajstić information content (AvgIpc) is 2.50. The van der Waals surface area contributed by atoms with Crippen molar-refractivity contribution < 1.29 is 22.3 Å². The van der Waals surface area contributed by atoms with Crippen LogP contribution < -0.4 is 14.2 Å². The third-order valence-corrected chi connectivity index (χ3v) is 5.75. The van der Waals surface area contributed by atoms with Gasteiger partial charge >= 0.3 is 0 Å². The standard InChI is InChI=1S/C14H12Br2FNO4S/c1-21-12-6-10(17)11(7-13(12)22-2)18-23(19,20)14-5-8(15)3-4-9(14)16/h3-7,18H,1-2H3. The molecule has 0 saturated carbocycles. The maximum Gasteiger partial charge on any atom is 0.263 e. The molecule has 2 aromatic rings. The van der Waals surface area contributed by atoms with Gasteiger partial charge in [0.1, 0.15) is 4.90 Å². The summed E-state index contributed by atoms with van der Waals surface area (Å²) in [4.78, 5) is -0.0268. The van der Waals surface area contributed by atoms with E-state index in [1.54, 1.807) is 12.1 Å². The first-order valence-electron chi connectivity index (χ1n) is 6.18. The van der Waals surface area contributed by atoms with Gasteiger partial charge in [-0.25, -0.2) is 12.8 Å². The molecule has 0 aromatic heterocycles. The van der Waals surface area contributed by atoms with Crippen LogP contribution in [0.15, 0.2) is 44.2 Å². The minimum absolute atomic E-state index is 0.0268. The van der Waals surface area contributed by atoms with Crippen LogP contribution in [0.3, 0.4) is 0 Å². The van der Waals surface area contributed by atoms with Crippen LogP contribution in [0.1, 0.15) is 0 Å². The Balaban J connectivity index is 2.47. The number of anilines is 1. The molecule has 2 rings (SSSR count). The van der Waals surface area contributed by atoms with Gasteiger partial charge in [0, 0.05) is 21.1 Å². The van der Waals surface area contributed by atoms with Crippen LogP contribution >= 0.6 is 31.9 Å². The minimum Gasteiger partial charge on any atom is -0.493 e. The van der Waals surface area contributed by atoms with E-state index in [1.807, 2.05) is 0 Å². The number of benzene rings is 2. The maximum absolute atomic E-state index is 14.1. The molecule has 0 fully saturated rings. The lowest BCUT2D eigenvalue weighted by atomic mass is 10.2. The Morgan fingerprint density at radius 1 is 1.04 bits per heavy atom. The molecule has 0 aliphatic carbocycles. The Bertz CT molecular complexity index is 843. The monoisotopic (exact) mass is 467 g/mol. The van der Waals surface area contributed by atoms with Crippen molar-refractivity contribution in [3.8, 4) is 11.5 Å². The van der Waals surface area contributed by atoms with Crippen LogP contribution in [0.4, 0.5) is 10.1 Å². The fraction of sp³-hybridized carbons (Fsp3) is 0.143. The average molecular weight is 469 g/mol. The van der Waals surface area contributed by atoms with Crippen LogP contribution in [0.5, 0.6) is 11.5 Å². The van der Waals surface area contributed by atoms with Crippen molar-refractivity contribution in [2.24, 2.45) is 0 Å². The van der Waals surface area contributed by atoms with E-state index in [-0.39, 0.29) is 22.1 Å². The minimum atomic E-state index is -4.00. The molecule has 0 saturated heterocycles. The first-order valence-corrected chi connectivity index (χ1v) is 9.25. The van der Waals surface area contributed by atoms with Crippen molar-refractivity contribution in [3.63, 3.8) is 0 Å². The van der Waals surface area contributed by atoms with Gasteiger partial charge in [0.25, 0.3) is 10.0 Å². The first kappa shape index (κ1) is 18.0. The molecule has 0 heterocycles. The number of ether oxygens (including phenoxy) is 2. The van der Waals surface area contributed by atoms with Gasteiger partial charge in [0.05, 0.1) is 19.9 Å². The second-order valence-electron chi connectivity index (χ2n) is 4.37. The summed E-state index contributed by atoms with van der Waals surface area (Å²) in [5.74, 6) is -0.408. The van der Waals surface area contributed by atoms with Crippen LogP contribution in [-0.2, 0) is 10.0 Å². The van der Waals surface area contributed by atoms with Gasteiger partial charge in [-0.1, -0.05) is 15.9 Å². The quantitative estimate of drug-likeness (QED) is 0.715. The van der Waals surface area contributed by atoms with Gasteiger partial charge in [0.15, 0.2) is 17.3 Å². The molecule has 9 heteroatoms. The summed E-state index contributed by atoms with van der Waals surface area (Å²) in [5.41, 5.74) is -0.241. The number of sulfonamides is 1. The SMILES string of the molecule is COc1cc(F)c(NS(=O)(=O)c2cc(Br)ccc2Br)cc1OC. The summed E-state index contributed by atoms with van der Waals surface area (Å²) in [6, 6.07) is 6.93. The second kappa shape index (κ2) is 7.06. The second-order valence-corrected chi connectivity index (χ2v) is 7.79. The van der Waals surface area contributed by atoms with E-state index >= 15 is 0 Å². The molecule has 0 bridgehead atoms. The molecule has 0 aliphatic rings. The largest absolute Gasteiger partial charge is 0.493 e. The van der Waals surface area contributed by atoms with Gasteiger partial charge in [-0.15, -0.1) is 0 Å². The van der Waals surface area contributed by atoms with Crippen molar-refractivity contribution in [2.75, 3.05) is 18.9 Å². The molecule has 5 nitrogen and oxygen atoms in total. The number of hydrogen-bond donors (Lipinski definition) is 1. The lowest BCUT2D eigenvalue weighted by molar-refractivity contribution is 0.353. The number of hydrogen-bond acceptors (Lipinski definition) is 4. The number of rotatable bonds is 5.